The minimum Gasteiger partial charge on any atom is -0.362 e. The average molecular weight is 331 g/mol. The first-order valence-electron chi connectivity index (χ1n) is 8.02. The molecule has 24 heavy (non-hydrogen) atoms. The third-order valence-corrected chi connectivity index (χ3v) is 4.53. The average Bonchev–Trinajstić information content (AvgIpc) is 3.15. The summed E-state index contributed by atoms with van der Waals surface area (Å²) < 4.78 is 6.58. The number of carbonyl (C=O) groups excluding carboxylic acids is 2. The monoisotopic (exact) mass is 331 g/mol. The maximum atomic E-state index is 12.8. The van der Waals surface area contributed by atoms with Gasteiger partial charge in [0.1, 0.15) is 6.26 Å². The second kappa shape index (κ2) is 6.46. The van der Waals surface area contributed by atoms with E-state index in [9.17, 15) is 9.59 Å². The molecule has 8 heteroatoms. The lowest BCUT2D eigenvalue weighted by molar-refractivity contribution is -0.142. The first-order chi connectivity index (χ1) is 11.5. The van der Waals surface area contributed by atoms with Crippen LogP contribution in [0.1, 0.15) is 37.1 Å². The van der Waals surface area contributed by atoms with Crippen LogP contribution in [-0.2, 0) is 16.6 Å². The fourth-order valence-electron chi connectivity index (χ4n) is 3.26. The molecule has 0 unspecified atom stereocenters. The van der Waals surface area contributed by atoms with Crippen LogP contribution in [0.25, 0.3) is 0 Å². The van der Waals surface area contributed by atoms with Crippen molar-refractivity contribution >= 4 is 17.6 Å². The zero-order valence-electron chi connectivity index (χ0n) is 14.0. The number of hydrogen-bond acceptors (Lipinski definition) is 5. The largest absolute Gasteiger partial charge is 0.362 e. The van der Waals surface area contributed by atoms with Crippen LogP contribution < -0.4 is 5.32 Å². The summed E-state index contributed by atoms with van der Waals surface area (Å²) >= 11 is 0. The fraction of sp³-hybridized carbons (Fsp3) is 0.500. The van der Waals surface area contributed by atoms with Crippen molar-refractivity contribution in [2.45, 2.75) is 32.7 Å². The molecule has 3 heterocycles. The van der Waals surface area contributed by atoms with Gasteiger partial charge in [-0.2, -0.15) is 5.10 Å². The van der Waals surface area contributed by atoms with E-state index in [0.29, 0.717) is 25.2 Å². The molecule has 2 atom stereocenters. The molecule has 0 radical (unpaired) electrons. The maximum Gasteiger partial charge on any atom is 0.231 e. The Kier molecular flexibility index (Phi) is 4.37. The van der Waals surface area contributed by atoms with E-state index in [1.807, 2.05) is 27.0 Å². The van der Waals surface area contributed by atoms with Gasteiger partial charge in [-0.15, -0.1) is 0 Å². The molecule has 0 aliphatic carbocycles. The predicted octanol–water partition coefficient (Wildman–Crippen LogP) is 1.65. The highest BCUT2D eigenvalue weighted by atomic mass is 16.5. The van der Waals surface area contributed by atoms with Crippen molar-refractivity contribution in [2.24, 2.45) is 13.0 Å². The minimum absolute atomic E-state index is 0.0605. The van der Waals surface area contributed by atoms with Gasteiger partial charge in [0.15, 0.2) is 5.82 Å². The smallest absolute Gasteiger partial charge is 0.231 e. The first-order valence-corrected chi connectivity index (χ1v) is 8.02. The summed E-state index contributed by atoms with van der Waals surface area (Å²) in [7, 11) is 1.82. The quantitative estimate of drug-likeness (QED) is 0.919. The lowest BCUT2D eigenvalue weighted by Crippen LogP contribution is -2.47. The standard InChI is InChI=1S/C16H21N5O3/c1-4-21-13(22)6-5-11(14(21)12-7-8-17-20(12)3)16(23)18-15-10(2)9-24-19-15/h7-9,11,14H,4-6H2,1-3H3,(H,18,19,23)/t11-,14-/m0/s1. The van der Waals surface area contributed by atoms with Gasteiger partial charge in [-0.05, 0) is 26.3 Å². The fourth-order valence-corrected chi connectivity index (χ4v) is 3.26. The highest BCUT2D eigenvalue weighted by Crippen LogP contribution is 2.37. The third kappa shape index (κ3) is 2.79. The highest BCUT2D eigenvalue weighted by Gasteiger charge is 2.41. The van der Waals surface area contributed by atoms with Gasteiger partial charge in [-0.25, -0.2) is 0 Å². The molecule has 1 aliphatic heterocycles. The van der Waals surface area contributed by atoms with E-state index in [-0.39, 0.29) is 23.8 Å². The van der Waals surface area contributed by atoms with Crippen molar-refractivity contribution in [3.8, 4) is 0 Å². The number of nitrogens with zero attached hydrogens (tertiary/aromatic N) is 4. The summed E-state index contributed by atoms with van der Waals surface area (Å²) in [6.45, 7) is 4.28. The van der Waals surface area contributed by atoms with E-state index in [4.69, 9.17) is 4.52 Å². The summed E-state index contributed by atoms with van der Waals surface area (Å²) in [6.07, 6.45) is 4.02. The molecular weight excluding hydrogens is 310 g/mol. The number of hydrogen-bond donors (Lipinski definition) is 1. The zero-order chi connectivity index (χ0) is 17.3. The molecule has 0 bridgehead atoms. The molecule has 0 aromatic carbocycles. The van der Waals surface area contributed by atoms with Crippen LogP contribution >= 0.6 is 0 Å². The topological polar surface area (TPSA) is 93.3 Å². The lowest BCUT2D eigenvalue weighted by atomic mass is 9.85. The van der Waals surface area contributed by atoms with E-state index in [1.54, 1.807) is 15.8 Å². The Morgan fingerprint density at radius 2 is 2.29 bits per heavy atom. The molecule has 2 amide bonds. The van der Waals surface area contributed by atoms with Gasteiger partial charge in [0.25, 0.3) is 0 Å². The first kappa shape index (κ1) is 16.2. The van der Waals surface area contributed by atoms with Crippen LogP contribution in [0.15, 0.2) is 23.0 Å². The molecule has 3 rings (SSSR count). The van der Waals surface area contributed by atoms with E-state index in [1.165, 1.54) is 6.26 Å². The molecule has 1 N–H and O–H groups in total. The van der Waals surface area contributed by atoms with Crippen molar-refractivity contribution in [3.63, 3.8) is 0 Å². The van der Waals surface area contributed by atoms with E-state index < -0.39 is 0 Å². The summed E-state index contributed by atoms with van der Waals surface area (Å²) in [6, 6.07) is 1.52. The Hall–Kier alpha value is -2.64. The molecule has 2 aromatic rings. The molecular formula is C16H21N5O3. The number of piperidine rings is 1. The predicted molar refractivity (Wildman–Crippen MR) is 85.9 cm³/mol. The van der Waals surface area contributed by atoms with Gasteiger partial charge in [0.2, 0.25) is 11.8 Å². The molecule has 1 fully saturated rings. The van der Waals surface area contributed by atoms with Crippen molar-refractivity contribution in [3.05, 3.63) is 29.8 Å². The molecule has 0 saturated carbocycles. The molecule has 8 nitrogen and oxygen atoms in total. The molecule has 1 saturated heterocycles. The van der Waals surface area contributed by atoms with Crippen LogP contribution in [0.3, 0.4) is 0 Å². The Balaban J connectivity index is 1.92. The Labute approximate surface area is 139 Å². The Morgan fingerprint density at radius 1 is 1.50 bits per heavy atom. The van der Waals surface area contributed by atoms with Crippen LogP contribution in [0.5, 0.6) is 0 Å². The van der Waals surface area contributed by atoms with Gasteiger partial charge >= 0.3 is 0 Å². The third-order valence-electron chi connectivity index (χ3n) is 4.53. The summed E-state index contributed by atoms with van der Waals surface area (Å²) in [5, 5.41) is 10.8. The van der Waals surface area contributed by atoms with Gasteiger partial charge in [-0.3, -0.25) is 14.3 Å². The summed E-state index contributed by atoms with van der Waals surface area (Å²) in [4.78, 5) is 26.9. The Morgan fingerprint density at radius 3 is 2.88 bits per heavy atom. The van der Waals surface area contributed by atoms with E-state index >= 15 is 0 Å². The van der Waals surface area contributed by atoms with Crippen LogP contribution in [-0.4, -0.2) is 38.2 Å². The van der Waals surface area contributed by atoms with Gasteiger partial charge in [0, 0.05) is 31.8 Å². The van der Waals surface area contributed by atoms with Crippen molar-refractivity contribution in [1.82, 2.24) is 19.8 Å². The molecule has 2 aromatic heterocycles. The van der Waals surface area contributed by atoms with Gasteiger partial charge in [-0.1, -0.05) is 5.16 Å². The second-order valence-electron chi connectivity index (χ2n) is 5.98. The number of likely N-dealkylation sites (tertiary alicyclic amines) is 1. The maximum absolute atomic E-state index is 12.8. The molecule has 1 aliphatic rings. The number of carbonyl (C=O) groups is 2. The Bertz CT molecular complexity index is 750. The number of rotatable bonds is 4. The SMILES string of the molecule is CCN1C(=O)CC[C@H](C(=O)Nc2nocc2C)[C@H]1c1ccnn1C. The van der Waals surface area contributed by atoms with Crippen molar-refractivity contribution < 1.29 is 14.1 Å². The van der Waals surface area contributed by atoms with E-state index in [0.717, 1.165) is 11.3 Å². The number of aromatic nitrogens is 3. The van der Waals surface area contributed by atoms with Crippen molar-refractivity contribution in [1.29, 1.82) is 0 Å². The van der Waals surface area contributed by atoms with Crippen molar-refractivity contribution in [2.75, 3.05) is 11.9 Å². The lowest BCUT2D eigenvalue weighted by Gasteiger charge is -2.39. The van der Waals surface area contributed by atoms with E-state index in [2.05, 4.69) is 15.6 Å². The number of nitrogens with one attached hydrogen (secondary N) is 1. The van der Waals surface area contributed by atoms with Crippen LogP contribution in [0, 0.1) is 12.8 Å². The summed E-state index contributed by atoms with van der Waals surface area (Å²) in [5.41, 5.74) is 1.61. The van der Waals surface area contributed by atoms with Gasteiger partial charge in [0.05, 0.1) is 17.7 Å². The second-order valence-corrected chi connectivity index (χ2v) is 5.98. The minimum atomic E-state index is -0.367. The number of aryl methyl sites for hydroxylation is 2. The molecule has 128 valence electrons. The number of amides is 2. The van der Waals surface area contributed by atoms with Gasteiger partial charge < -0.3 is 14.7 Å². The van der Waals surface area contributed by atoms with Crippen LogP contribution in [0.4, 0.5) is 5.82 Å². The zero-order valence-corrected chi connectivity index (χ0v) is 14.0. The highest BCUT2D eigenvalue weighted by molar-refractivity contribution is 5.94. The normalized spacial score (nSPS) is 21.1. The van der Waals surface area contributed by atoms with Crippen LogP contribution in [0.2, 0.25) is 0 Å². The summed E-state index contributed by atoms with van der Waals surface area (Å²) in [5.74, 6) is -0.0487. The molecule has 0 spiro atoms. The number of anilines is 1.